The summed E-state index contributed by atoms with van der Waals surface area (Å²) in [4.78, 5) is 54.2. The fourth-order valence-corrected chi connectivity index (χ4v) is 6.13. The van der Waals surface area contributed by atoms with Crippen LogP contribution in [0.1, 0.15) is 30.0 Å². The second-order valence-electron chi connectivity index (χ2n) is 9.65. The molecule has 2 aromatic rings. The first-order valence-electron chi connectivity index (χ1n) is 12.3. The summed E-state index contributed by atoms with van der Waals surface area (Å²) in [6, 6.07) is 10.2. The molecule has 2 saturated heterocycles. The molecule has 0 radical (unpaired) electrons. The lowest BCUT2D eigenvalue weighted by Crippen LogP contribution is -2.53. The van der Waals surface area contributed by atoms with E-state index in [1.807, 2.05) is 25.1 Å². The highest BCUT2D eigenvalue weighted by Crippen LogP contribution is 2.54. The van der Waals surface area contributed by atoms with E-state index in [4.69, 9.17) is 15.2 Å². The number of imide groups is 1. The van der Waals surface area contributed by atoms with Crippen LogP contribution < -0.4 is 25.8 Å². The lowest BCUT2D eigenvalue weighted by Gasteiger charge is -2.29. The van der Waals surface area contributed by atoms with Crippen LogP contribution in [0.5, 0.6) is 11.5 Å². The molecule has 3 aliphatic heterocycles. The predicted octanol–water partition coefficient (Wildman–Crippen LogP) is 1.10. The number of anilines is 1. The fourth-order valence-electron chi connectivity index (χ4n) is 6.13. The predicted molar refractivity (Wildman–Crippen MR) is 134 cm³/mol. The highest BCUT2D eigenvalue weighted by Gasteiger charge is 2.70. The monoisotopic (exact) mass is 506 g/mol. The SMILES string of the molecule is CCc1cccc2c1NC(=O)[C@@]21N[C@H](CC(N)=O)[C@H]2C(=O)N(CCc3ccc(OC)c(OC)c3)C(=O)[C@H]21. The van der Waals surface area contributed by atoms with Crippen molar-refractivity contribution in [3.8, 4) is 11.5 Å². The Morgan fingerprint density at radius 1 is 1.08 bits per heavy atom. The Labute approximate surface area is 214 Å². The molecule has 4 N–H and O–H groups in total. The number of nitrogens with zero attached hydrogens (tertiary/aromatic N) is 1. The van der Waals surface area contributed by atoms with Gasteiger partial charge in [0.05, 0.1) is 26.1 Å². The largest absolute Gasteiger partial charge is 0.493 e. The fraction of sp³-hybridized carbons (Fsp3) is 0.407. The molecule has 194 valence electrons. The maximum absolute atomic E-state index is 13.9. The number of nitrogens with one attached hydrogen (secondary N) is 2. The van der Waals surface area contributed by atoms with Crippen LogP contribution in [0, 0.1) is 11.8 Å². The summed E-state index contributed by atoms with van der Waals surface area (Å²) in [6.07, 6.45) is 0.908. The average molecular weight is 507 g/mol. The number of methoxy groups -OCH3 is 2. The minimum Gasteiger partial charge on any atom is -0.493 e. The number of aryl methyl sites for hydroxylation is 1. The summed E-state index contributed by atoms with van der Waals surface area (Å²) in [5.41, 5.74) is 7.13. The molecule has 37 heavy (non-hydrogen) atoms. The van der Waals surface area contributed by atoms with Gasteiger partial charge >= 0.3 is 0 Å². The van der Waals surface area contributed by atoms with E-state index in [-0.39, 0.29) is 13.0 Å². The van der Waals surface area contributed by atoms with Crippen molar-refractivity contribution in [2.45, 2.75) is 37.8 Å². The number of carbonyl (C=O) groups is 4. The van der Waals surface area contributed by atoms with Gasteiger partial charge in [-0.3, -0.25) is 29.4 Å². The molecule has 0 saturated carbocycles. The van der Waals surface area contributed by atoms with E-state index in [1.165, 1.54) is 12.0 Å². The normalized spacial score (nSPS) is 25.9. The Kier molecular flexibility index (Phi) is 6.15. The number of primary amides is 1. The number of ether oxygens (including phenoxy) is 2. The van der Waals surface area contributed by atoms with Gasteiger partial charge in [-0.25, -0.2) is 0 Å². The molecule has 0 unspecified atom stereocenters. The van der Waals surface area contributed by atoms with Gasteiger partial charge in [-0.1, -0.05) is 31.2 Å². The van der Waals surface area contributed by atoms with Crippen LogP contribution in [0.2, 0.25) is 0 Å². The third-order valence-electron chi connectivity index (χ3n) is 7.80. The van der Waals surface area contributed by atoms with E-state index >= 15 is 0 Å². The van der Waals surface area contributed by atoms with Gasteiger partial charge in [0, 0.05) is 30.3 Å². The number of hydrogen-bond donors (Lipinski definition) is 3. The van der Waals surface area contributed by atoms with Gasteiger partial charge in [-0.2, -0.15) is 0 Å². The highest BCUT2D eigenvalue weighted by molar-refractivity contribution is 6.15. The van der Waals surface area contributed by atoms with E-state index in [0.717, 1.165) is 11.1 Å². The number of fused-ring (bicyclic) bond motifs is 4. The topological polar surface area (TPSA) is 140 Å². The van der Waals surface area contributed by atoms with Crippen molar-refractivity contribution in [3.63, 3.8) is 0 Å². The lowest BCUT2D eigenvalue weighted by molar-refractivity contribution is -0.142. The zero-order valence-electron chi connectivity index (χ0n) is 21.0. The smallest absolute Gasteiger partial charge is 0.250 e. The van der Waals surface area contributed by atoms with Crippen LogP contribution in [0.25, 0.3) is 0 Å². The maximum Gasteiger partial charge on any atom is 0.250 e. The number of likely N-dealkylation sites (tertiary alicyclic amines) is 1. The quantitative estimate of drug-likeness (QED) is 0.456. The molecule has 10 nitrogen and oxygen atoms in total. The number of rotatable bonds is 8. The van der Waals surface area contributed by atoms with Crippen molar-refractivity contribution in [3.05, 3.63) is 53.1 Å². The van der Waals surface area contributed by atoms with Crippen molar-refractivity contribution in [1.82, 2.24) is 10.2 Å². The van der Waals surface area contributed by atoms with Gasteiger partial charge in [0.25, 0.3) is 0 Å². The minimum atomic E-state index is -1.45. The Hall–Kier alpha value is -3.92. The highest BCUT2D eigenvalue weighted by atomic mass is 16.5. The van der Waals surface area contributed by atoms with Gasteiger partial charge in [-0.05, 0) is 36.1 Å². The van der Waals surface area contributed by atoms with Crippen molar-refractivity contribution < 1.29 is 28.7 Å². The Bertz CT molecular complexity index is 1310. The van der Waals surface area contributed by atoms with Gasteiger partial charge in [0.2, 0.25) is 23.6 Å². The minimum absolute atomic E-state index is 0.128. The summed E-state index contributed by atoms with van der Waals surface area (Å²) < 4.78 is 10.6. The van der Waals surface area contributed by atoms with E-state index in [1.54, 1.807) is 25.3 Å². The number of benzene rings is 2. The Morgan fingerprint density at radius 3 is 2.51 bits per heavy atom. The van der Waals surface area contributed by atoms with E-state index in [2.05, 4.69) is 10.6 Å². The van der Waals surface area contributed by atoms with Crippen LogP contribution >= 0.6 is 0 Å². The number of para-hydroxylation sites is 1. The molecule has 2 fully saturated rings. The Balaban J connectivity index is 1.50. The van der Waals surface area contributed by atoms with Crippen LogP contribution in [0.4, 0.5) is 5.69 Å². The second kappa shape index (κ2) is 9.19. The average Bonchev–Trinajstić information content (AvgIpc) is 3.46. The first kappa shape index (κ1) is 24.8. The first-order valence-corrected chi connectivity index (χ1v) is 12.3. The van der Waals surface area contributed by atoms with Gasteiger partial charge in [-0.15, -0.1) is 0 Å². The molecule has 4 atom stereocenters. The van der Waals surface area contributed by atoms with Crippen LogP contribution in [0.3, 0.4) is 0 Å². The van der Waals surface area contributed by atoms with Crippen molar-refractivity contribution in [1.29, 1.82) is 0 Å². The van der Waals surface area contributed by atoms with Crippen LogP contribution in [0.15, 0.2) is 36.4 Å². The van der Waals surface area contributed by atoms with Crippen molar-refractivity contribution >= 4 is 29.3 Å². The summed E-state index contributed by atoms with van der Waals surface area (Å²) in [5.74, 6) is -2.58. The van der Waals surface area contributed by atoms with Crippen molar-refractivity contribution in [2.75, 3.05) is 26.1 Å². The van der Waals surface area contributed by atoms with Gasteiger partial charge in [0.15, 0.2) is 11.5 Å². The molecule has 4 amide bonds. The Morgan fingerprint density at radius 2 is 1.84 bits per heavy atom. The zero-order valence-corrected chi connectivity index (χ0v) is 21.0. The second-order valence-corrected chi connectivity index (χ2v) is 9.65. The van der Waals surface area contributed by atoms with E-state index in [9.17, 15) is 19.2 Å². The molecule has 3 heterocycles. The molecular formula is C27H30N4O6. The summed E-state index contributed by atoms with van der Waals surface area (Å²) in [7, 11) is 3.08. The van der Waals surface area contributed by atoms with E-state index in [0.29, 0.717) is 35.6 Å². The molecule has 3 aliphatic rings. The number of nitrogens with two attached hydrogens (primary N) is 1. The van der Waals surface area contributed by atoms with Gasteiger partial charge < -0.3 is 20.5 Å². The number of amides is 4. The molecule has 10 heteroatoms. The van der Waals surface area contributed by atoms with E-state index < -0.39 is 47.0 Å². The van der Waals surface area contributed by atoms with Crippen LogP contribution in [-0.2, 0) is 37.6 Å². The molecule has 0 bridgehead atoms. The first-order chi connectivity index (χ1) is 17.8. The number of hydrogen-bond acceptors (Lipinski definition) is 7. The zero-order chi connectivity index (χ0) is 26.5. The molecular weight excluding hydrogens is 476 g/mol. The molecule has 0 aromatic heterocycles. The third kappa shape index (κ3) is 3.66. The lowest BCUT2D eigenvalue weighted by atomic mass is 9.76. The summed E-state index contributed by atoms with van der Waals surface area (Å²) in [5, 5.41) is 6.17. The standard InChI is InChI=1S/C27H30N4O6/c1-4-15-6-5-7-16-23(15)29-26(35)27(16)22-21(17(30-27)13-20(28)32)24(33)31(25(22)34)11-10-14-8-9-18(36-2)19(12-14)37-3/h5-9,12,17,21-22,30H,4,10-11,13H2,1-3H3,(H2,28,32)(H,29,35)/t17-,21-,22+,27-/m1/s1. The molecule has 5 rings (SSSR count). The summed E-state index contributed by atoms with van der Waals surface area (Å²) in [6.45, 7) is 2.11. The van der Waals surface area contributed by atoms with Gasteiger partial charge in [0.1, 0.15) is 5.54 Å². The molecule has 0 aliphatic carbocycles. The molecule has 1 spiro atoms. The van der Waals surface area contributed by atoms with Crippen LogP contribution in [-0.4, -0.2) is 55.3 Å². The summed E-state index contributed by atoms with van der Waals surface area (Å²) >= 11 is 0. The maximum atomic E-state index is 13.9. The number of carbonyl (C=O) groups excluding carboxylic acids is 4. The van der Waals surface area contributed by atoms with Crippen molar-refractivity contribution in [2.24, 2.45) is 17.6 Å². The third-order valence-corrected chi connectivity index (χ3v) is 7.80. The molecule has 2 aromatic carbocycles.